The van der Waals surface area contributed by atoms with Gasteiger partial charge in [0.2, 0.25) is 0 Å². The number of carbonyl (C=O) groups excluding carboxylic acids is 1. The molecule has 0 atom stereocenters. The van der Waals surface area contributed by atoms with E-state index in [4.69, 9.17) is 5.73 Å². The van der Waals surface area contributed by atoms with E-state index in [9.17, 15) is 4.79 Å². The van der Waals surface area contributed by atoms with Crippen LogP contribution in [0.5, 0.6) is 0 Å². The maximum absolute atomic E-state index is 10.5. The molecule has 0 aromatic carbocycles. The molecule has 0 bridgehead atoms. The summed E-state index contributed by atoms with van der Waals surface area (Å²) >= 11 is 1.48. The maximum atomic E-state index is 10.5. The van der Waals surface area contributed by atoms with Crippen LogP contribution in [-0.4, -0.2) is 41.9 Å². The van der Waals surface area contributed by atoms with Gasteiger partial charge >= 0.3 is 6.03 Å². The molecule has 0 aliphatic rings. The molecule has 0 radical (unpaired) electrons. The minimum absolute atomic E-state index is 0.449. The Morgan fingerprint density at radius 3 is 2.56 bits per heavy atom. The number of amides is 2. The molecule has 18 heavy (non-hydrogen) atoms. The fourth-order valence-electron chi connectivity index (χ4n) is 1.25. The van der Waals surface area contributed by atoms with Crippen LogP contribution in [0, 0.1) is 0 Å². The largest absolute Gasteiger partial charge is 0.370 e. The molecule has 0 saturated heterocycles. The summed E-state index contributed by atoms with van der Waals surface area (Å²) in [6.45, 7) is 3.81. The number of carbonyl (C=O) groups is 1. The number of nitrogens with one attached hydrogen (secondary N) is 3. The van der Waals surface area contributed by atoms with Crippen molar-refractivity contribution < 1.29 is 4.79 Å². The fraction of sp³-hybridized carbons (Fsp3) is 0.500. The van der Waals surface area contributed by atoms with Crippen molar-refractivity contribution >= 4 is 29.4 Å². The lowest BCUT2D eigenvalue weighted by Gasteiger charge is -2.09. The number of nitrogens with two attached hydrogens (primary N) is 1. The number of hydrogen-bond donors (Lipinski definition) is 4. The number of rotatable bonds is 7. The van der Waals surface area contributed by atoms with Crippen molar-refractivity contribution in [3.8, 4) is 0 Å². The summed E-state index contributed by atoms with van der Waals surface area (Å²) in [5, 5.41) is 9.43. The van der Waals surface area contributed by atoms with Gasteiger partial charge in [0, 0.05) is 25.7 Å². The molecule has 0 saturated carbocycles. The third-order valence-corrected chi connectivity index (χ3v) is 2.52. The molecule has 0 spiro atoms. The highest BCUT2D eigenvalue weighted by atomic mass is 32.2. The van der Waals surface area contributed by atoms with Crippen LogP contribution in [0.15, 0.2) is 11.2 Å². The van der Waals surface area contributed by atoms with Gasteiger partial charge in [0.05, 0.1) is 0 Å². The summed E-state index contributed by atoms with van der Waals surface area (Å²) in [5.41, 5.74) is 4.96. The summed E-state index contributed by atoms with van der Waals surface area (Å²) < 4.78 is 0. The van der Waals surface area contributed by atoms with E-state index in [1.54, 1.807) is 0 Å². The van der Waals surface area contributed by atoms with E-state index in [-0.39, 0.29) is 0 Å². The lowest BCUT2D eigenvalue weighted by Crippen LogP contribution is -2.33. The summed E-state index contributed by atoms with van der Waals surface area (Å²) in [6, 6.07) is 1.30. The van der Waals surface area contributed by atoms with Crippen molar-refractivity contribution in [3.63, 3.8) is 0 Å². The number of hydrogen-bond acceptors (Lipinski definition) is 6. The van der Waals surface area contributed by atoms with E-state index in [0.717, 1.165) is 18.2 Å². The van der Waals surface area contributed by atoms with Crippen LogP contribution >= 0.6 is 11.8 Å². The highest BCUT2D eigenvalue weighted by Crippen LogP contribution is 2.16. The van der Waals surface area contributed by atoms with Gasteiger partial charge in [0.1, 0.15) is 11.6 Å². The summed E-state index contributed by atoms with van der Waals surface area (Å²) in [7, 11) is 0. The van der Waals surface area contributed by atoms with E-state index in [2.05, 4.69) is 25.9 Å². The molecular formula is C10H18N6OS. The summed E-state index contributed by atoms with van der Waals surface area (Å²) in [5.74, 6) is 1.50. The number of primary amides is 1. The van der Waals surface area contributed by atoms with Gasteiger partial charge in [-0.1, -0.05) is 11.8 Å². The molecule has 7 nitrogen and oxygen atoms in total. The van der Waals surface area contributed by atoms with Crippen LogP contribution < -0.4 is 21.7 Å². The number of anilines is 2. The lowest BCUT2D eigenvalue weighted by atomic mass is 10.5. The second-order valence-electron chi connectivity index (χ2n) is 3.37. The van der Waals surface area contributed by atoms with Crippen LogP contribution in [0.4, 0.5) is 16.4 Å². The minimum Gasteiger partial charge on any atom is -0.370 e. The van der Waals surface area contributed by atoms with E-state index >= 15 is 0 Å². The highest BCUT2D eigenvalue weighted by Gasteiger charge is 2.03. The molecule has 1 aromatic rings. The molecule has 2 amide bonds. The predicted molar refractivity (Wildman–Crippen MR) is 74.1 cm³/mol. The Bertz CT molecular complexity index is 400. The van der Waals surface area contributed by atoms with Crippen molar-refractivity contribution in [1.82, 2.24) is 15.3 Å². The maximum Gasteiger partial charge on any atom is 0.312 e. The van der Waals surface area contributed by atoms with E-state index in [1.165, 1.54) is 11.8 Å². The average molecular weight is 270 g/mol. The standard InChI is InChI=1S/C10H18N6OS/c1-3-12-7-6-8(16-10(15-7)18-2)13-4-5-14-9(11)17/h6H,3-5H2,1-2H3,(H3,11,14,17)(H2,12,13,15,16). The predicted octanol–water partition coefficient (Wildman–Crippen LogP) is 0.710. The Hall–Kier alpha value is -1.70. The van der Waals surface area contributed by atoms with Crippen molar-refractivity contribution in [1.29, 1.82) is 0 Å². The van der Waals surface area contributed by atoms with E-state index < -0.39 is 6.03 Å². The second-order valence-corrected chi connectivity index (χ2v) is 4.15. The lowest BCUT2D eigenvalue weighted by molar-refractivity contribution is 0.249. The first-order valence-electron chi connectivity index (χ1n) is 5.59. The Morgan fingerprint density at radius 1 is 1.33 bits per heavy atom. The van der Waals surface area contributed by atoms with Gasteiger partial charge in [-0.2, -0.15) is 0 Å². The van der Waals surface area contributed by atoms with Gasteiger partial charge in [-0.05, 0) is 13.2 Å². The van der Waals surface area contributed by atoms with Crippen molar-refractivity contribution in [2.24, 2.45) is 5.73 Å². The summed E-state index contributed by atoms with van der Waals surface area (Å²) in [4.78, 5) is 19.1. The van der Waals surface area contributed by atoms with Crippen LogP contribution in [0.25, 0.3) is 0 Å². The molecule has 5 N–H and O–H groups in total. The number of nitrogens with zero attached hydrogens (tertiary/aromatic N) is 2. The van der Waals surface area contributed by atoms with Gasteiger partial charge in [0.25, 0.3) is 0 Å². The number of thioether (sulfide) groups is 1. The first-order chi connectivity index (χ1) is 8.65. The summed E-state index contributed by atoms with van der Waals surface area (Å²) in [6.07, 6.45) is 1.92. The van der Waals surface area contributed by atoms with Gasteiger partial charge in [-0.25, -0.2) is 14.8 Å². The Balaban J connectivity index is 2.57. The molecule has 100 valence electrons. The van der Waals surface area contributed by atoms with Crippen LogP contribution in [0.2, 0.25) is 0 Å². The molecule has 1 aromatic heterocycles. The molecule has 0 unspecified atom stereocenters. The van der Waals surface area contributed by atoms with E-state index in [1.807, 2.05) is 19.2 Å². The number of urea groups is 1. The molecular weight excluding hydrogens is 252 g/mol. The van der Waals surface area contributed by atoms with Crippen LogP contribution in [-0.2, 0) is 0 Å². The molecule has 1 rings (SSSR count). The Labute approximate surface area is 110 Å². The van der Waals surface area contributed by atoms with Crippen molar-refractivity contribution in [2.75, 3.05) is 36.5 Å². The van der Waals surface area contributed by atoms with Crippen molar-refractivity contribution in [3.05, 3.63) is 6.07 Å². The monoisotopic (exact) mass is 270 g/mol. The highest BCUT2D eigenvalue weighted by molar-refractivity contribution is 7.98. The third-order valence-electron chi connectivity index (χ3n) is 1.98. The van der Waals surface area contributed by atoms with E-state index in [0.29, 0.717) is 18.2 Å². The molecule has 0 aliphatic carbocycles. The van der Waals surface area contributed by atoms with Crippen LogP contribution in [0.3, 0.4) is 0 Å². The van der Waals surface area contributed by atoms with Crippen molar-refractivity contribution in [2.45, 2.75) is 12.1 Å². The number of aromatic nitrogens is 2. The zero-order valence-electron chi connectivity index (χ0n) is 10.5. The Kier molecular flexibility index (Phi) is 6.06. The smallest absolute Gasteiger partial charge is 0.312 e. The van der Waals surface area contributed by atoms with Gasteiger partial charge < -0.3 is 21.7 Å². The fourth-order valence-corrected chi connectivity index (χ4v) is 1.63. The van der Waals surface area contributed by atoms with Gasteiger partial charge in [-0.15, -0.1) is 0 Å². The molecule has 0 aliphatic heterocycles. The normalized spacial score (nSPS) is 9.89. The molecule has 8 heteroatoms. The third kappa shape index (κ3) is 5.09. The van der Waals surface area contributed by atoms with Gasteiger partial charge in [0.15, 0.2) is 5.16 Å². The minimum atomic E-state index is -0.530. The molecule has 1 heterocycles. The first kappa shape index (κ1) is 14.4. The topological polar surface area (TPSA) is 105 Å². The SMILES string of the molecule is CCNc1cc(NCCNC(N)=O)nc(SC)n1. The molecule has 0 fully saturated rings. The zero-order valence-corrected chi connectivity index (χ0v) is 11.3. The zero-order chi connectivity index (χ0) is 13.4. The quantitative estimate of drug-likeness (QED) is 0.330. The first-order valence-corrected chi connectivity index (χ1v) is 6.82. The average Bonchev–Trinajstić information content (AvgIpc) is 2.34. The van der Waals surface area contributed by atoms with Gasteiger partial charge in [-0.3, -0.25) is 0 Å². The Morgan fingerprint density at radius 2 is 2.00 bits per heavy atom. The second kappa shape index (κ2) is 7.59. The van der Waals surface area contributed by atoms with Crippen LogP contribution in [0.1, 0.15) is 6.92 Å².